The quantitative estimate of drug-likeness (QED) is 0.826. The number of ketones is 1. The van der Waals surface area contributed by atoms with E-state index in [-0.39, 0.29) is 11.9 Å². The summed E-state index contributed by atoms with van der Waals surface area (Å²) in [5.74, 6) is 0.665. The molecule has 0 spiro atoms. The third kappa shape index (κ3) is 1.91. The second-order valence-corrected chi connectivity index (χ2v) is 4.81. The molecular formula is C11H10BrClO2. The predicted octanol–water partition coefficient (Wildman–Crippen LogP) is 3.85. The fraction of sp³-hybridized carbons (Fsp3) is 0.364. The zero-order chi connectivity index (χ0) is 11.0. The van der Waals surface area contributed by atoms with Gasteiger partial charge in [0, 0.05) is 5.02 Å². The number of carbonyl (C=O) groups excluding carboxylic acids is 1. The van der Waals surface area contributed by atoms with Gasteiger partial charge >= 0.3 is 0 Å². The largest absolute Gasteiger partial charge is 0.480 e. The molecule has 1 aliphatic rings. The van der Waals surface area contributed by atoms with Crippen LogP contribution < -0.4 is 4.74 Å². The minimum Gasteiger partial charge on any atom is -0.480 e. The van der Waals surface area contributed by atoms with Gasteiger partial charge in [-0.05, 0) is 34.5 Å². The highest BCUT2D eigenvalue weighted by Crippen LogP contribution is 2.39. The van der Waals surface area contributed by atoms with Crippen molar-refractivity contribution in [1.82, 2.24) is 0 Å². The van der Waals surface area contributed by atoms with Crippen molar-refractivity contribution >= 4 is 33.3 Å². The lowest BCUT2D eigenvalue weighted by atomic mass is 10.1. The maximum absolute atomic E-state index is 11.9. The summed E-state index contributed by atoms with van der Waals surface area (Å²) in [4.78, 5) is 11.9. The van der Waals surface area contributed by atoms with E-state index in [1.54, 1.807) is 12.1 Å². The van der Waals surface area contributed by atoms with Crippen LogP contribution in [0.1, 0.15) is 30.1 Å². The number of halogens is 2. The van der Waals surface area contributed by atoms with Gasteiger partial charge in [-0.3, -0.25) is 4.79 Å². The Morgan fingerprint density at radius 2 is 2.27 bits per heavy atom. The Balaban J connectivity index is 2.41. The van der Waals surface area contributed by atoms with Gasteiger partial charge in [0.05, 0.1) is 10.0 Å². The topological polar surface area (TPSA) is 26.3 Å². The van der Waals surface area contributed by atoms with Crippen molar-refractivity contribution < 1.29 is 9.53 Å². The Bertz CT molecular complexity index is 417. The highest BCUT2D eigenvalue weighted by Gasteiger charge is 2.33. The van der Waals surface area contributed by atoms with Crippen LogP contribution in [0.3, 0.4) is 0 Å². The number of ether oxygens (including phenoxy) is 1. The first-order chi connectivity index (χ1) is 7.13. The van der Waals surface area contributed by atoms with Gasteiger partial charge in [0.15, 0.2) is 6.10 Å². The van der Waals surface area contributed by atoms with Gasteiger partial charge in [-0.1, -0.05) is 24.9 Å². The van der Waals surface area contributed by atoms with E-state index < -0.39 is 0 Å². The lowest BCUT2D eigenvalue weighted by Gasteiger charge is -2.07. The fourth-order valence-corrected chi connectivity index (χ4v) is 2.59. The van der Waals surface area contributed by atoms with Crippen LogP contribution in [0.2, 0.25) is 5.02 Å². The van der Waals surface area contributed by atoms with E-state index in [0.29, 0.717) is 16.3 Å². The number of hydrogen-bond acceptors (Lipinski definition) is 2. The maximum Gasteiger partial charge on any atom is 0.207 e. The summed E-state index contributed by atoms with van der Waals surface area (Å²) in [6.45, 7) is 2.03. The van der Waals surface area contributed by atoms with Crippen LogP contribution in [0.15, 0.2) is 16.6 Å². The van der Waals surface area contributed by atoms with Crippen molar-refractivity contribution in [3.63, 3.8) is 0 Å². The Morgan fingerprint density at radius 3 is 2.93 bits per heavy atom. The lowest BCUT2D eigenvalue weighted by molar-refractivity contribution is 0.0845. The molecule has 0 bridgehead atoms. The van der Waals surface area contributed by atoms with Gasteiger partial charge in [-0.25, -0.2) is 0 Å². The monoisotopic (exact) mass is 288 g/mol. The molecule has 0 radical (unpaired) electrons. The number of benzene rings is 1. The molecule has 4 heteroatoms. The normalized spacial score (nSPS) is 18.9. The van der Waals surface area contributed by atoms with Crippen LogP contribution >= 0.6 is 27.5 Å². The minimum atomic E-state index is -0.334. The van der Waals surface area contributed by atoms with Gasteiger partial charge < -0.3 is 4.74 Å². The van der Waals surface area contributed by atoms with E-state index >= 15 is 0 Å². The van der Waals surface area contributed by atoms with E-state index in [9.17, 15) is 4.79 Å². The first-order valence-corrected chi connectivity index (χ1v) is 6.00. The lowest BCUT2D eigenvalue weighted by Crippen LogP contribution is -2.19. The Hall–Kier alpha value is -0.540. The molecule has 15 heavy (non-hydrogen) atoms. The molecule has 1 unspecified atom stereocenters. The molecule has 0 saturated heterocycles. The van der Waals surface area contributed by atoms with Crippen molar-refractivity contribution in [3.05, 3.63) is 27.2 Å². The highest BCUT2D eigenvalue weighted by atomic mass is 79.9. The van der Waals surface area contributed by atoms with Gasteiger partial charge in [-0.15, -0.1) is 0 Å². The smallest absolute Gasteiger partial charge is 0.207 e. The predicted molar refractivity (Wildman–Crippen MR) is 62.8 cm³/mol. The summed E-state index contributed by atoms with van der Waals surface area (Å²) in [7, 11) is 0. The van der Waals surface area contributed by atoms with Gasteiger partial charge in [0.2, 0.25) is 5.78 Å². The molecular weight excluding hydrogens is 279 g/mol. The van der Waals surface area contributed by atoms with Gasteiger partial charge in [0.25, 0.3) is 0 Å². The molecule has 0 aromatic heterocycles. The van der Waals surface area contributed by atoms with Crippen LogP contribution in [-0.2, 0) is 0 Å². The van der Waals surface area contributed by atoms with Crippen molar-refractivity contribution in [1.29, 1.82) is 0 Å². The third-order valence-corrected chi connectivity index (χ3v) is 3.18. The fourth-order valence-electron chi connectivity index (χ4n) is 1.68. The van der Waals surface area contributed by atoms with Crippen LogP contribution in [0.25, 0.3) is 0 Å². The molecule has 0 amide bonds. The molecule has 0 saturated carbocycles. The van der Waals surface area contributed by atoms with Crippen LogP contribution in [0, 0.1) is 0 Å². The molecule has 0 aliphatic carbocycles. The number of rotatable bonds is 2. The standard InChI is InChI=1S/C11H10BrClO2/c1-2-3-9-10(14)7-4-6(13)5-8(12)11(7)15-9/h4-5,9H,2-3H2,1H3. The summed E-state index contributed by atoms with van der Waals surface area (Å²) in [6.07, 6.45) is 1.34. The summed E-state index contributed by atoms with van der Waals surface area (Å²) in [6, 6.07) is 3.40. The highest BCUT2D eigenvalue weighted by molar-refractivity contribution is 9.10. The number of hydrogen-bond donors (Lipinski definition) is 0. The van der Waals surface area contributed by atoms with Crippen LogP contribution in [-0.4, -0.2) is 11.9 Å². The molecule has 1 aromatic rings. The van der Waals surface area contributed by atoms with Crippen molar-refractivity contribution in [2.75, 3.05) is 0 Å². The SMILES string of the molecule is CCCC1Oc2c(Br)cc(Cl)cc2C1=O. The molecule has 1 aliphatic heterocycles. The maximum atomic E-state index is 11.9. The second-order valence-electron chi connectivity index (χ2n) is 3.52. The van der Waals surface area contributed by atoms with Gasteiger partial charge in [-0.2, -0.15) is 0 Å². The molecule has 0 N–H and O–H groups in total. The molecule has 1 aromatic carbocycles. The summed E-state index contributed by atoms with van der Waals surface area (Å²) >= 11 is 9.22. The first kappa shape index (κ1) is 11.0. The van der Waals surface area contributed by atoms with Crippen molar-refractivity contribution in [3.8, 4) is 5.75 Å². The number of carbonyl (C=O) groups is 1. The average molecular weight is 290 g/mol. The van der Waals surface area contributed by atoms with E-state index in [1.807, 2.05) is 6.92 Å². The minimum absolute atomic E-state index is 0.0371. The molecule has 1 atom stereocenters. The van der Waals surface area contributed by atoms with E-state index in [1.165, 1.54) is 0 Å². The van der Waals surface area contributed by atoms with Gasteiger partial charge in [0.1, 0.15) is 5.75 Å². The van der Waals surface area contributed by atoms with Crippen molar-refractivity contribution in [2.24, 2.45) is 0 Å². The molecule has 1 heterocycles. The Labute approximate surface area is 102 Å². The van der Waals surface area contributed by atoms with E-state index in [0.717, 1.165) is 17.3 Å². The van der Waals surface area contributed by atoms with Crippen LogP contribution in [0.4, 0.5) is 0 Å². The molecule has 2 rings (SSSR count). The second kappa shape index (κ2) is 4.14. The van der Waals surface area contributed by atoms with E-state index in [2.05, 4.69) is 15.9 Å². The molecule has 0 fully saturated rings. The summed E-state index contributed by atoms with van der Waals surface area (Å²) in [5, 5.41) is 0.551. The number of Topliss-reactive ketones (excluding diaryl/α,β-unsaturated/α-hetero) is 1. The zero-order valence-electron chi connectivity index (χ0n) is 8.22. The first-order valence-electron chi connectivity index (χ1n) is 4.83. The average Bonchev–Trinajstić information content (AvgIpc) is 2.47. The number of fused-ring (bicyclic) bond motifs is 1. The van der Waals surface area contributed by atoms with Crippen LogP contribution in [0.5, 0.6) is 5.75 Å². The summed E-state index contributed by atoms with van der Waals surface area (Å²) in [5.41, 5.74) is 0.591. The Morgan fingerprint density at radius 1 is 1.53 bits per heavy atom. The van der Waals surface area contributed by atoms with E-state index in [4.69, 9.17) is 16.3 Å². The van der Waals surface area contributed by atoms with Crippen molar-refractivity contribution in [2.45, 2.75) is 25.9 Å². The molecule has 2 nitrogen and oxygen atoms in total. The Kier molecular flexibility index (Phi) is 3.03. The summed E-state index contributed by atoms with van der Waals surface area (Å²) < 4.78 is 6.34. The third-order valence-electron chi connectivity index (χ3n) is 2.38. The zero-order valence-corrected chi connectivity index (χ0v) is 10.6. The molecule has 80 valence electrons.